The molecule has 3 N–H and O–H groups in total. The highest BCUT2D eigenvalue weighted by molar-refractivity contribution is 9.10. The number of rotatable bonds is 5. The first-order valence-corrected chi connectivity index (χ1v) is 6.25. The van der Waals surface area contributed by atoms with Crippen LogP contribution in [0, 0.1) is 0 Å². The van der Waals surface area contributed by atoms with E-state index in [1.54, 1.807) is 0 Å². The molecule has 1 aromatic carbocycles. The molecule has 0 aliphatic rings. The second kappa shape index (κ2) is 7.93. The van der Waals surface area contributed by atoms with Gasteiger partial charge >= 0.3 is 0 Å². The lowest BCUT2D eigenvalue weighted by molar-refractivity contribution is 0.139. The van der Waals surface area contributed by atoms with Gasteiger partial charge in [-0.2, -0.15) is 0 Å². The van der Waals surface area contributed by atoms with Crippen molar-refractivity contribution in [3.63, 3.8) is 0 Å². The Morgan fingerprint density at radius 3 is 2.59 bits per heavy atom. The highest BCUT2D eigenvalue weighted by atomic mass is 79.9. The number of aliphatic hydroxyl groups excluding tert-OH is 1. The molecule has 98 valence electrons. The first-order chi connectivity index (χ1) is 7.60. The van der Waals surface area contributed by atoms with E-state index in [9.17, 15) is 5.11 Å². The van der Waals surface area contributed by atoms with E-state index in [1.165, 1.54) is 0 Å². The number of aliphatic hydroxyl groups is 1. The molecule has 1 rings (SSSR count). The fourth-order valence-corrected chi connectivity index (χ4v) is 1.91. The van der Waals surface area contributed by atoms with Gasteiger partial charge in [0.1, 0.15) is 5.75 Å². The summed E-state index contributed by atoms with van der Waals surface area (Å²) in [4.78, 5) is 0. The Labute approximate surface area is 117 Å². The summed E-state index contributed by atoms with van der Waals surface area (Å²) in [5.74, 6) is 0.741. The molecule has 0 heterocycles. The van der Waals surface area contributed by atoms with Crippen LogP contribution in [-0.2, 0) is 0 Å². The molecule has 0 unspecified atom stereocenters. The molecule has 0 aliphatic carbocycles. The SMILES string of the molecule is CCOc1ccc(Br)cc1[C@H](N)[C@H](O)CC.Cl. The summed E-state index contributed by atoms with van der Waals surface area (Å²) in [5.41, 5.74) is 6.84. The maximum atomic E-state index is 9.77. The van der Waals surface area contributed by atoms with Gasteiger partial charge in [-0.25, -0.2) is 0 Å². The van der Waals surface area contributed by atoms with E-state index in [1.807, 2.05) is 32.0 Å². The Morgan fingerprint density at radius 1 is 1.41 bits per heavy atom. The van der Waals surface area contributed by atoms with Gasteiger partial charge in [0, 0.05) is 10.0 Å². The molecule has 3 nitrogen and oxygen atoms in total. The Hall–Kier alpha value is -0.290. The predicted molar refractivity (Wildman–Crippen MR) is 75.8 cm³/mol. The summed E-state index contributed by atoms with van der Waals surface area (Å²) in [7, 11) is 0. The number of benzene rings is 1. The minimum absolute atomic E-state index is 0. The molecule has 5 heteroatoms. The van der Waals surface area contributed by atoms with Crippen LogP contribution in [0.15, 0.2) is 22.7 Å². The molecule has 17 heavy (non-hydrogen) atoms. The molecule has 0 saturated heterocycles. The van der Waals surface area contributed by atoms with Gasteiger partial charge < -0.3 is 15.6 Å². The number of hydrogen-bond acceptors (Lipinski definition) is 3. The van der Waals surface area contributed by atoms with Crippen molar-refractivity contribution in [1.29, 1.82) is 0 Å². The molecule has 0 aromatic heterocycles. The molecule has 0 fully saturated rings. The molecule has 0 bridgehead atoms. The zero-order chi connectivity index (χ0) is 12.1. The molecule has 0 saturated carbocycles. The first-order valence-electron chi connectivity index (χ1n) is 5.46. The zero-order valence-corrected chi connectivity index (χ0v) is 12.4. The third-order valence-electron chi connectivity index (χ3n) is 2.46. The van der Waals surface area contributed by atoms with E-state index >= 15 is 0 Å². The van der Waals surface area contributed by atoms with Crippen LogP contribution in [0.25, 0.3) is 0 Å². The van der Waals surface area contributed by atoms with Gasteiger partial charge in [0.15, 0.2) is 0 Å². The lowest BCUT2D eigenvalue weighted by Gasteiger charge is -2.20. The summed E-state index contributed by atoms with van der Waals surface area (Å²) >= 11 is 3.39. The molecular formula is C12H19BrClNO2. The van der Waals surface area contributed by atoms with Crippen LogP contribution in [-0.4, -0.2) is 17.8 Å². The van der Waals surface area contributed by atoms with Crippen molar-refractivity contribution in [3.8, 4) is 5.75 Å². The fraction of sp³-hybridized carbons (Fsp3) is 0.500. The topological polar surface area (TPSA) is 55.5 Å². The molecule has 2 atom stereocenters. The number of nitrogens with two attached hydrogens (primary N) is 1. The lowest BCUT2D eigenvalue weighted by atomic mass is 10.00. The first kappa shape index (κ1) is 16.7. The van der Waals surface area contributed by atoms with Crippen molar-refractivity contribution in [2.24, 2.45) is 5.73 Å². The zero-order valence-electron chi connectivity index (χ0n) is 10.0. The van der Waals surface area contributed by atoms with Gasteiger partial charge in [0.2, 0.25) is 0 Å². The van der Waals surface area contributed by atoms with Crippen LogP contribution in [0.5, 0.6) is 5.75 Å². The maximum absolute atomic E-state index is 9.77. The van der Waals surface area contributed by atoms with E-state index in [0.717, 1.165) is 15.8 Å². The van der Waals surface area contributed by atoms with E-state index in [2.05, 4.69) is 15.9 Å². The van der Waals surface area contributed by atoms with Crippen molar-refractivity contribution in [1.82, 2.24) is 0 Å². The van der Waals surface area contributed by atoms with E-state index in [4.69, 9.17) is 10.5 Å². The van der Waals surface area contributed by atoms with Gasteiger partial charge in [-0.3, -0.25) is 0 Å². The van der Waals surface area contributed by atoms with E-state index in [-0.39, 0.29) is 12.4 Å². The Bertz CT molecular complexity index is 349. The van der Waals surface area contributed by atoms with Crippen molar-refractivity contribution >= 4 is 28.3 Å². The van der Waals surface area contributed by atoms with Crippen molar-refractivity contribution in [2.45, 2.75) is 32.4 Å². The number of halogens is 2. The van der Waals surface area contributed by atoms with Gasteiger partial charge in [-0.05, 0) is 31.5 Å². The van der Waals surface area contributed by atoms with Gasteiger partial charge in [-0.15, -0.1) is 12.4 Å². The summed E-state index contributed by atoms with van der Waals surface area (Å²) in [6, 6.07) is 5.25. The Morgan fingerprint density at radius 2 is 2.06 bits per heavy atom. The van der Waals surface area contributed by atoms with Crippen LogP contribution in [0.3, 0.4) is 0 Å². The van der Waals surface area contributed by atoms with Crippen LogP contribution >= 0.6 is 28.3 Å². The summed E-state index contributed by atoms with van der Waals surface area (Å²) < 4.78 is 6.43. The minimum Gasteiger partial charge on any atom is -0.494 e. The normalized spacial score (nSPS) is 13.7. The van der Waals surface area contributed by atoms with Crippen molar-refractivity contribution < 1.29 is 9.84 Å². The molecule has 1 aromatic rings. The van der Waals surface area contributed by atoms with Gasteiger partial charge in [-0.1, -0.05) is 22.9 Å². The Kier molecular flexibility index (Phi) is 7.79. The standard InChI is InChI=1S/C12H18BrNO2.ClH/c1-3-10(15)12(14)9-7-8(13)5-6-11(9)16-4-2;/h5-7,10,12,15H,3-4,14H2,1-2H3;1H/t10-,12+;/m1./s1. The highest BCUT2D eigenvalue weighted by Crippen LogP contribution is 2.29. The van der Waals surface area contributed by atoms with Crippen molar-refractivity contribution in [3.05, 3.63) is 28.2 Å². The van der Waals surface area contributed by atoms with Crippen LogP contribution in [0.2, 0.25) is 0 Å². The van der Waals surface area contributed by atoms with Gasteiger partial charge in [0.25, 0.3) is 0 Å². The minimum atomic E-state index is -0.548. The van der Waals surface area contributed by atoms with Crippen molar-refractivity contribution in [2.75, 3.05) is 6.61 Å². The highest BCUT2D eigenvalue weighted by Gasteiger charge is 2.19. The van der Waals surface area contributed by atoms with Crippen LogP contribution in [0.1, 0.15) is 31.9 Å². The van der Waals surface area contributed by atoms with Crippen LogP contribution < -0.4 is 10.5 Å². The molecule has 0 spiro atoms. The Balaban J connectivity index is 0.00000256. The smallest absolute Gasteiger partial charge is 0.124 e. The third kappa shape index (κ3) is 4.47. The maximum Gasteiger partial charge on any atom is 0.124 e. The third-order valence-corrected chi connectivity index (χ3v) is 2.96. The molecular weight excluding hydrogens is 305 g/mol. The second-order valence-corrected chi connectivity index (χ2v) is 4.53. The second-order valence-electron chi connectivity index (χ2n) is 3.62. The average molecular weight is 325 g/mol. The van der Waals surface area contributed by atoms with Gasteiger partial charge in [0.05, 0.1) is 18.8 Å². The van der Waals surface area contributed by atoms with E-state index < -0.39 is 12.1 Å². The fourth-order valence-electron chi connectivity index (χ4n) is 1.53. The molecule has 0 amide bonds. The quantitative estimate of drug-likeness (QED) is 0.875. The monoisotopic (exact) mass is 323 g/mol. The summed E-state index contributed by atoms with van der Waals surface area (Å²) in [6.07, 6.45) is 0.0766. The number of ether oxygens (including phenoxy) is 1. The van der Waals surface area contributed by atoms with Crippen LogP contribution in [0.4, 0.5) is 0 Å². The summed E-state index contributed by atoms with van der Waals surface area (Å²) in [6.45, 7) is 4.42. The largest absolute Gasteiger partial charge is 0.494 e. The summed E-state index contributed by atoms with van der Waals surface area (Å²) in [5, 5.41) is 9.77. The predicted octanol–water partition coefficient (Wildman–Crippen LogP) is 3.04. The molecule has 0 radical (unpaired) electrons. The average Bonchev–Trinajstić information content (AvgIpc) is 2.29. The lowest BCUT2D eigenvalue weighted by Crippen LogP contribution is -2.26. The van der Waals surface area contributed by atoms with E-state index in [0.29, 0.717) is 13.0 Å². The molecule has 0 aliphatic heterocycles. The number of hydrogen-bond donors (Lipinski definition) is 2.